The summed E-state index contributed by atoms with van der Waals surface area (Å²) in [5, 5.41) is 3.73. The van der Waals surface area contributed by atoms with Gasteiger partial charge >= 0.3 is 0 Å². The number of carbonyl (C=O) groups excluding carboxylic acids is 1. The van der Waals surface area contributed by atoms with Gasteiger partial charge in [-0.15, -0.1) is 0 Å². The molecule has 1 saturated heterocycles. The van der Waals surface area contributed by atoms with Crippen LogP contribution in [0, 0.1) is 11.8 Å². The quantitative estimate of drug-likeness (QED) is 0.856. The predicted octanol–water partition coefficient (Wildman–Crippen LogP) is 3.05. The van der Waals surface area contributed by atoms with Gasteiger partial charge in [0.25, 0.3) is 0 Å². The third-order valence-corrected chi connectivity index (χ3v) is 6.28. The van der Waals surface area contributed by atoms with Crippen molar-refractivity contribution < 1.29 is 4.79 Å². The van der Waals surface area contributed by atoms with Crippen molar-refractivity contribution in [1.29, 1.82) is 0 Å². The summed E-state index contributed by atoms with van der Waals surface area (Å²) < 4.78 is 0. The highest BCUT2D eigenvalue weighted by Gasteiger charge is 2.60. The number of hydrogen-bond acceptors (Lipinski definition) is 2. The Morgan fingerprint density at radius 2 is 1.70 bits per heavy atom. The Morgan fingerprint density at radius 1 is 1.05 bits per heavy atom. The lowest BCUT2D eigenvalue weighted by Gasteiger charge is -2.29. The Balaban J connectivity index is 1.43. The largest absolute Gasteiger partial charge is 0.325 e. The van der Waals surface area contributed by atoms with Crippen molar-refractivity contribution in [2.24, 2.45) is 11.8 Å². The molecule has 1 amide bonds. The Morgan fingerprint density at radius 3 is 2.35 bits per heavy atom. The molecule has 4 fully saturated rings. The van der Waals surface area contributed by atoms with E-state index in [1.54, 1.807) is 0 Å². The van der Waals surface area contributed by atoms with Crippen molar-refractivity contribution in [3.8, 4) is 0 Å². The maximum atomic E-state index is 12.7. The van der Waals surface area contributed by atoms with E-state index < -0.39 is 0 Å². The van der Waals surface area contributed by atoms with Crippen LogP contribution in [0.1, 0.15) is 70.6 Å². The monoisotopic (exact) mass is 276 g/mol. The summed E-state index contributed by atoms with van der Waals surface area (Å²) >= 11 is 0. The van der Waals surface area contributed by atoms with Gasteiger partial charge in [0.15, 0.2) is 0 Å². The van der Waals surface area contributed by atoms with Crippen LogP contribution in [0.25, 0.3) is 0 Å². The van der Waals surface area contributed by atoms with Gasteiger partial charge in [-0.2, -0.15) is 0 Å². The standard InChI is InChI=1S/C17H28N2O/c20-16-17(10-11-17)18-15(14-7-3-4-8-14)19(16)12-9-13-5-1-2-6-13/h13-15,18H,1-12H2. The van der Waals surface area contributed by atoms with Crippen molar-refractivity contribution in [1.82, 2.24) is 10.2 Å². The van der Waals surface area contributed by atoms with Crippen LogP contribution in [0.3, 0.4) is 0 Å². The molecule has 0 aromatic carbocycles. The first-order chi connectivity index (χ1) is 9.78. The van der Waals surface area contributed by atoms with Crippen molar-refractivity contribution in [2.75, 3.05) is 6.54 Å². The SMILES string of the molecule is O=C1N(CCC2CCCC2)C(C2CCCC2)NC12CC2. The van der Waals surface area contributed by atoms with Crippen LogP contribution in [0.2, 0.25) is 0 Å². The minimum absolute atomic E-state index is 0.108. The van der Waals surface area contributed by atoms with Gasteiger partial charge in [-0.1, -0.05) is 38.5 Å². The van der Waals surface area contributed by atoms with Gasteiger partial charge in [0.2, 0.25) is 5.91 Å². The molecule has 3 heteroatoms. The third-order valence-electron chi connectivity index (χ3n) is 6.28. The Hall–Kier alpha value is -0.570. The molecule has 1 aliphatic heterocycles. The molecule has 0 aromatic rings. The second-order valence-corrected chi connectivity index (χ2v) is 7.65. The lowest BCUT2D eigenvalue weighted by atomic mass is 10.0. The minimum Gasteiger partial charge on any atom is -0.325 e. The fraction of sp³-hybridized carbons (Fsp3) is 0.941. The topological polar surface area (TPSA) is 32.3 Å². The Kier molecular flexibility index (Phi) is 3.29. The van der Waals surface area contributed by atoms with E-state index in [0.29, 0.717) is 12.1 Å². The number of hydrogen-bond donors (Lipinski definition) is 1. The highest BCUT2D eigenvalue weighted by atomic mass is 16.2. The Labute approximate surface area is 122 Å². The second-order valence-electron chi connectivity index (χ2n) is 7.65. The maximum absolute atomic E-state index is 12.7. The molecule has 3 saturated carbocycles. The molecule has 1 N–H and O–H groups in total. The van der Waals surface area contributed by atoms with Crippen LogP contribution in [0.4, 0.5) is 0 Å². The summed E-state index contributed by atoms with van der Waals surface area (Å²) in [6.45, 7) is 1.01. The van der Waals surface area contributed by atoms with Gasteiger partial charge in [-0.3, -0.25) is 10.1 Å². The molecule has 1 heterocycles. The smallest absolute Gasteiger partial charge is 0.244 e. The minimum atomic E-state index is -0.108. The normalized spacial score (nSPS) is 33.7. The van der Waals surface area contributed by atoms with Crippen LogP contribution in [-0.2, 0) is 4.79 Å². The van der Waals surface area contributed by atoms with Gasteiger partial charge in [-0.05, 0) is 43.9 Å². The van der Waals surface area contributed by atoms with Crippen molar-refractivity contribution in [3.05, 3.63) is 0 Å². The highest BCUT2D eigenvalue weighted by molar-refractivity contribution is 5.91. The fourth-order valence-electron chi connectivity index (χ4n) is 4.81. The van der Waals surface area contributed by atoms with Gasteiger partial charge in [0, 0.05) is 6.54 Å². The molecule has 1 unspecified atom stereocenters. The summed E-state index contributed by atoms with van der Waals surface area (Å²) in [4.78, 5) is 15.0. The van der Waals surface area contributed by atoms with E-state index in [0.717, 1.165) is 31.2 Å². The molecule has 112 valence electrons. The zero-order valence-corrected chi connectivity index (χ0v) is 12.6. The van der Waals surface area contributed by atoms with Crippen molar-refractivity contribution in [2.45, 2.75) is 82.3 Å². The van der Waals surface area contributed by atoms with Gasteiger partial charge in [0.05, 0.1) is 11.7 Å². The zero-order chi connectivity index (χ0) is 13.6. The van der Waals surface area contributed by atoms with Crippen molar-refractivity contribution >= 4 is 5.91 Å². The van der Waals surface area contributed by atoms with E-state index in [2.05, 4.69) is 10.2 Å². The molecule has 20 heavy (non-hydrogen) atoms. The first kappa shape index (κ1) is 13.1. The summed E-state index contributed by atoms with van der Waals surface area (Å²) in [6.07, 6.45) is 14.7. The van der Waals surface area contributed by atoms with E-state index in [4.69, 9.17) is 0 Å². The number of carbonyl (C=O) groups is 1. The van der Waals surface area contributed by atoms with Crippen LogP contribution < -0.4 is 5.32 Å². The molecule has 0 bridgehead atoms. The van der Waals surface area contributed by atoms with Crippen LogP contribution >= 0.6 is 0 Å². The van der Waals surface area contributed by atoms with E-state index in [9.17, 15) is 4.79 Å². The van der Waals surface area contributed by atoms with Gasteiger partial charge < -0.3 is 4.90 Å². The molecule has 4 rings (SSSR count). The maximum Gasteiger partial charge on any atom is 0.244 e. The predicted molar refractivity (Wildman–Crippen MR) is 79.1 cm³/mol. The van der Waals surface area contributed by atoms with Gasteiger partial charge in [-0.25, -0.2) is 0 Å². The highest BCUT2D eigenvalue weighted by Crippen LogP contribution is 2.45. The first-order valence-electron chi connectivity index (χ1n) is 8.87. The molecule has 3 aliphatic carbocycles. The zero-order valence-electron chi connectivity index (χ0n) is 12.6. The number of rotatable bonds is 4. The molecule has 0 aromatic heterocycles. The van der Waals surface area contributed by atoms with Crippen LogP contribution in [0.15, 0.2) is 0 Å². The average molecular weight is 276 g/mol. The first-order valence-corrected chi connectivity index (χ1v) is 8.87. The number of nitrogens with one attached hydrogen (secondary N) is 1. The molecule has 0 radical (unpaired) electrons. The number of amides is 1. The summed E-state index contributed by atoms with van der Waals surface area (Å²) in [5.74, 6) is 2.05. The summed E-state index contributed by atoms with van der Waals surface area (Å²) in [6, 6.07) is 0. The van der Waals surface area contributed by atoms with E-state index in [-0.39, 0.29) is 5.54 Å². The molecule has 4 aliphatic rings. The molecular weight excluding hydrogens is 248 g/mol. The van der Waals surface area contributed by atoms with Crippen molar-refractivity contribution in [3.63, 3.8) is 0 Å². The fourth-order valence-corrected chi connectivity index (χ4v) is 4.81. The number of nitrogens with zero attached hydrogens (tertiary/aromatic N) is 1. The molecule has 3 nitrogen and oxygen atoms in total. The average Bonchev–Trinajstić information content (AvgIpc) is 2.90. The molecular formula is C17H28N2O. The summed E-state index contributed by atoms with van der Waals surface area (Å²) in [7, 11) is 0. The van der Waals surface area contributed by atoms with Gasteiger partial charge in [0.1, 0.15) is 0 Å². The lowest BCUT2D eigenvalue weighted by Crippen LogP contribution is -2.43. The van der Waals surface area contributed by atoms with E-state index >= 15 is 0 Å². The second kappa shape index (κ2) is 5.01. The Bertz CT molecular complexity index is 378. The summed E-state index contributed by atoms with van der Waals surface area (Å²) in [5.41, 5.74) is -0.108. The van der Waals surface area contributed by atoms with E-state index in [1.165, 1.54) is 57.8 Å². The third kappa shape index (κ3) is 2.18. The van der Waals surface area contributed by atoms with E-state index in [1.807, 2.05) is 0 Å². The lowest BCUT2D eigenvalue weighted by molar-refractivity contribution is -0.131. The molecule has 1 spiro atoms. The van der Waals surface area contributed by atoms with Crippen LogP contribution in [0.5, 0.6) is 0 Å². The molecule has 1 atom stereocenters. The van der Waals surface area contributed by atoms with Crippen LogP contribution in [-0.4, -0.2) is 29.1 Å².